The molecule has 2 aromatic heterocycles. The number of benzene rings is 1. The summed E-state index contributed by atoms with van der Waals surface area (Å²) in [5.41, 5.74) is 1.43. The number of aromatic nitrogens is 3. The van der Waals surface area contributed by atoms with Crippen molar-refractivity contribution in [1.29, 1.82) is 5.26 Å². The maximum atomic E-state index is 8.87. The first-order valence-corrected chi connectivity index (χ1v) is 7.44. The molecule has 0 spiro atoms. The van der Waals surface area contributed by atoms with E-state index in [1.807, 2.05) is 47.9 Å². The van der Waals surface area contributed by atoms with Gasteiger partial charge in [-0.2, -0.15) is 5.26 Å². The number of nitriles is 1. The fourth-order valence-electron chi connectivity index (χ4n) is 2.35. The average molecular weight is 307 g/mol. The number of nitrogens with zero attached hydrogens (tertiary/aromatic N) is 4. The van der Waals surface area contributed by atoms with Crippen molar-refractivity contribution in [2.45, 2.75) is 13.0 Å². The smallest absolute Gasteiger partial charge is 0.160 e. The van der Waals surface area contributed by atoms with Gasteiger partial charge in [0.1, 0.15) is 12.4 Å². The van der Waals surface area contributed by atoms with Crippen molar-refractivity contribution in [3.63, 3.8) is 0 Å². The summed E-state index contributed by atoms with van der Waals surface area (Å²) < 4.78 is 7.61. The van der Waals surface area contributed by atoms with E-state index in [1.54, 1.807) is 12.1 Å². The molecule has 6 heteroatoms. The van der Waals surface area contributed by atoms with Gasteiger partial charge in [0.05, 0.1) is 17.7 Å². The van der Waals surface area contributed by atoms with E-state index in [1.165, 1.54) is 0 Å². The van der Waals surface area contributed by atoms with Gasteiger partial charge in [-0.1, -0.05) is 12.1 Å². The molecular formula is C17H17N5O. The Balaban J connectivity index is 1.53. The normalized spacial score (nSPS) is 12.0. The molecule has 0 bridgehead atoms. The van der Waals surface area contributed by atoms with Crippen LogP contribution in [0.1, 0.15) is 24.4 Å². The summed E-state index contributed by atoms with van der Waals surface area (Å²) in [5, 5.41) is 20.6. The van der Waals surface area contributed by atoms with Crippen LogP contribution in [0.4, 0.5) is 0 Å². The summed E-state index contributed by atoms with van der Waals surface area (Å²) in [7, 11) is 0. The molecule has 1 aromatic carbocycles. The summed E-state index contributed by atoms with van der Waals surface area (Å²) in [4.78, 5) is 0. The minimum Gasteiger partial charge on any atom is -0.492 e. The first kappa shape index (κ1) is 15.0. The lowest BCUT2D eigenvalue weighted by molar-refractivity contribution is 0.306. The monoisotopic (exact) mass is 307 g/mol. The number of nitrogens with one attached hydrogen (secondary N) is 1. The van der Waals surface area contributed by atoms with Gasteiger partial charge in [0.25, 0.3) is 0 Å². The Kier molecular flexibility index (Phi) is 4.50. The van der Waals surface area contributed by atoms with Crippen molar-refractivity contribution in [2.24, 2.45) is 0 Å². The lowest BCUT2D eigenvalue weighted by atomic mass is 10.2. The number of hydrogen-bond acceptors (Lipinski definition) is 5. The molecule has 1 N–H and O–H groups in total. The lowest BCUT2D eigenvalue weighted by Crippen LogP contribution is -2.25. The molecule has 0 fully saturated rings. The highest BCUT2D eigenvalue weighted by molar-refractivity contribution is 5.37. The van der Waals surface area contributed by atoms with Gasteiger partial charge in [0, 0.05) is 12.7 Å². The first-order valence-electron chi connectivity index (χ1n) is 7.44. The molecule has 0 radical (unpaired) electrons. The minimum absolute atomic E-state index is 0.0569. The molecule has 2 heterocycles. The molecule has 6 nitrogen and oxygen atoms in total. The Morgan fingerprint density at radius 3 is 3.04 bits per heavy atom. The number of pyridine rings is 1. The van der Waals surface area contributed by atoms with Crippen LogP contribution < -0.4 is 10.1 Å². The zero-order chi connectivity index (χ0) is 16.1. The highest BCUT2D eigenvalue weighted by atomic mass is 16.5. The summed E-state index contributed by atoms with van der Waals surface area (Å²) in [6.07, 6.45) is 1.95. The van der Waals surface area contributed by atoms with E-state index in [0.29, 0.717) is 24.5 Å². The molecular weight excluding hydrogens is 290 g/mol. The van der Waals surface area contributed by atoms with Crippen molar-refractivity contribution in [3.8, 4) is 11.8 Å². The zero-order valence-electron chi connectivity index (χ0n) is 12.8. The predicted octanol–water partition coefficient (Wildman–Crippen LogP) is 2.33. The largest absolute Gasteiger partial charge is 0.492 e. The van der Waals surface area contributed by atoms with Crippen molar-refractivity contribution < 1.29 is 4.74 Å². The quantitative estimate of drug-likeness (QED) is 0.707. The molecule has 0 aliphatic heterocycles. The van der Waals surface area contributed by atoms with E-state index in [2.05, 4.69) is 21.6 Å². The topological polar surface area (TPSA) is 75.2 Å². The molecule has 0 saturated heterocycles. The van der Waals surface area contributed by atoms with Crippen molar-refractivity contribution in [3.05, 3.63) is 60.0 Å². The van der Waals surface area contributed by atoms with Crippen molar-refractivity contribution in [1.82, 2.24) is 19.9 Å². The predicted molar refractivity (Wildman–Crippen MR) is 86.1 cm³/mol. The van der Waals surface area contributed by atoms with Crippen molar-refractivity contribution in [2.75, 3.05) is 13.2 Å². The highest BCUT2D eigenvalue weighted by Gasteiger charge is 2.12. The molecule has 3 aromatic rings. The standard InChI is InChI=1S/C17H17N5O/c1-13(17-21-20-16-7-2-3-9-22(16)17)19-8-10-23-15-6-4-5-14(11-15)12-18/h2-7,9,11,13,19H,8,10H2,1H3. The van der Waals surface area contributed by atoms with Crippen LogP contribution in [0.2, 0.25) is 0 Å². The average Bonchev–Trinajstić information content (AvgIpc) is 3.03. The third kappa shape index (κ3) is 3.47. The number of fused-ring (bicyclic) bond motifs is 1. The van der Waals surface area contributed by atoms with Gasteiger partial charge >= 0.3 is 0 Å². The molecule has 0 aliphatic carbocycles. The highest BCUT2D eigenvalue weighted by Crippen LogP contribution is 2.13. The lowest BCUT2D eigenvalue weighted by Gasteiger charge is -2.13. The van der Waals surface area contributed by atoms with Gasteiger partial charge in [-0.3, -0.25) is 4.40 Å². The Morgan fingerprint density at radius 2 is 2.17 bits per heavy atom. The third-order valence-corrected chi connectivity index (χ3v) is 3.51. The zero-order valence-corrected chi connectivity index (χ0v) is 12.8. The SMILES string of the molecule is CC(NCCOc1cccc(C#N)c1)c1nnc2ccccn12. The van der Waals surface area contributed by atoms with E-state index in [0.717, 1.165) is 11.5 Å². The van der Waals surface area contributed by atoms with E-state index in [-0.39, 0.29) is 6.04 Å². The Morgan fingerprint density at radius 1 is 1.26 bits per heavy atom. The van der Waals surface area contributed by atoms with Gasteiger partial charge in [0.15, 0.2) is 11.5 Å². The van der Waals surface area contributed by atoms with Gasteiger partial charge in [-0.15, -0.1) is 10.2 Å². The molecule has 1 unspecified atom stereocenters. The van der Waals surface area contributed by atoms with Crippen LogP contribution in [0.25, 0.3) is 5.65 Å². The van der Waals surface area contributed by atoms with E-state index >= 15 is 0 Å². The van der Waals surface area contributed by atoms with Gasteiger partial charge in [-0.05, 0) is 37.3 Å². The fourth-order valence-corrected chi connectivity index (χ4v) is 2.35. The maximum absolute atomic E-state index is 8.87. The molecule has 116 valence electrons. The van der Waals surface area contributed by atoms with E-state index in [9.17, 15) is 0 Å². The van der Waals surface area contributed by atoms with Crippen LogP contribution >= 0.6 is 0 Å². The first-order chi connectivity index (χ1) is 11.3. The Bertz CT molecular complexity index is 836. The summed E-state index contributed by atoms with van der Waals surface area (Å²) in [5.74, 6) is 1.57. The molecule has 0 amide bonds. The maximum Gasteiger partial charge on any atom is 0.160 e. The van der Waals surface area contributed by atoms with Crippen LogP contribution in [0.3, 0.4) is 0 Å². The second kappa shape index (κ2) is 6.90. The molecule has 1 atom stereocenters. The summed E-state index contributed by atoms with van der Waals surface area (Å²) in [6.45, 7) is 3.22. The molecule has 0 aliphatic rings. The van der Waals surface area contributed by atoms with Gasteiger partial charge < -0.3 is 10.1 Å². The molecule has 23 heavy (non-hydrogen) atoms. The van der Waals surface area contributed by atoms with E-state index in [4.69, 9.17) is 10.00 Å². The van der Waals surface area contributed by atoms with Crippen LogP contribution in [-0.4, -0.2) is 27.7 Å². The number of rotatable bonds is 6. The van der Waals surface area contributed by atoms with Crippen LogP contribution in [0, 0.1) is 11.3 Å². The Labute approximate surface area is 134 Å². The van der Waals surface area contributed by atoms with Crippen LogP contribution in [-0.2, 0) is 0 Å². The molecule has 3 rings (SSSR count). The number of ether oxygens (including phenoxy) is 1. The van der Waals surface area contributed by atoms with Gasteiger partial charge in [-0.25, -0.2) is 0 Å². The number of hydrogen-bond donors (Lipinski definition) is 1. The second-order valence-corrected chi connectivity index (χ2v) is 5.15. The van der Waals surface area contributed by atoms with E-state index < -0.39 is 0 Å². The minimum atomic E-state index is 0.0569. The molecule has 0 saturated carbocycles. The van der Waals surface area contributed by atoms with Crippen LogP contribution in [0.15, 0.2) is 48.7 Å². The van der Waals surface area contributed by atoms with Crippen molar-refractivity contribution >= 4 is 5.65 Å². The third-order valence-electron chi connectivity index (χ3n) is 3.51. The van der Waals surface area contributed by atoms with Crippen LogP contribution in [0.5, 0.6) is 5.75 Å². The summed E-state index contributed by atoms with van der Waals surface area (Å²) in [6, 6.07) is 15.1. The fraction of sp³-hybridized carbons (Fsp3) is 0.235. The Hall–Kier alpha value is -2.91. The van der Waals surface area contributed by atoms with Gasteiger partial charge in [0.2, 0.25) is 0 Å². The second-order valence-electron chi connectivity index (χ2n) is 5.15. The summed E-state index contributed by atoms with van der Waals surface area (Å²) >= 11 is 0.